The molecule has 1 aromatic carbocycles. The van der Waals surface area contributed by atoms with Gasteiger partial charge in [-0.2, -0.15) is 22.0 Å². The predicted octanol–water partition coefficient (Wildman–Crippen LogP) is 4.91. The first-order chi connectivity index (χ1) is 21.6. The molecule has 9 nitrogen and oxygen atoms in total. The van der Waals surface area contributed by atoms with Crippen LogP contribution in [-0.2, 0) is 17.2 Å². The highest BCUT2D eigenvalue weighted by molar-refractivity contribution is 7.84. The van der Waals surface area contributed by atoms with Crippen LogP contribution in [0.3, 0.4) is 0 Å². The lowest BCUT2D eigenvalue weighted by atomic mass is 9.52. The molecule has 1 unspecified atom stereocenters. The molecule has 0 radical (unpaired) electrons. The molecule has 260 valence electrons. The Morgan fingerprint density at radius 2 is 1.76 bits per heavy atom. The van der Waals surface area contributed by atoms with Crippen LogP contribution in [0.4, 0.5) is 26.7 Å². The van der Waals surface area contributed by atoms with Crippen LogP contribution in [0.15, 0.2) is 23.4 Å². The molecule has 1 aromatic rings. The monoisotopic (exact) mass is 682 g/mol. The second kappa shape index (κ2) is 14.4. The van der Waals surface area contributed by atoms with Crippen LogP contribution >= 0.6 is 0 Å². The second-order valence-electron chi connectivity index (χ2n) is 13.2. The Kier molecular flexibility index (Phi) is 11.4. The Morgan fingerprint density at radius 1 is 1.09 bits per heavy atom. The molecule has 6 atom stereocenters. The summed E-state index contributed by atoms with van der Waals surface area (Å²) in [6.07, 6.45) is -3.58. The fourth-order valence-electron chi connectivity index (χ4n) is 7.89. The van der Waals surface area contributed by atoms with Crippen LogP contribution in [0, 0.1) is 23.2 Å². The lowest BCUT2D eigenvalue weighted by Gasteiger charge is -2.52. The molecule has 0 aromatic heterocycles. The van der Waals surface area contributed by atoms with Crippen LogP contribution in [0.1, 0.15) is 75.3 Å². The molecule has 15 heteroatoms. The third-order valence-electron chi connectivity index (χ3n) is 10.4. The molecule has 3 aliphatic carbocycles. The SMILES string of the molecule is C[C@]12CC[C@@H]3c4ccc(OC(=O)NC(CO)(CO)CO)cc4C[C@@H](CCCS(=O)CCCC(F)(F)C(F)(F)F)[C@H]3[C@@H]1CC/C2=N/O. The van der Waals surface area contributed by atoms with Crippen molar-refractivity contribution in [1.29, 1.82) is 0 Å². The number of nitrogens with one attached hydrogen (secondary N) is 1. The minimum absolute atomic E-state index is 0.0987. The molecular weight excluding hydrogens is 639 g/mol. The van der Waals surface area contributed by atoms with Gasteiger partial charge in [-0.15, -0.1) is 0 Å². The lowest BCUT2D eigenvalue weighted by molar-refractivity contribution is -0.284. The maximum absolute atomic E-state index is 13.3. The van der Waals surface area contributed by atoms with E-state index in [2.05, 4.69) is 17.4 Å². The molecule has 0 heterocycles. The van der Waals surface area contributed by atoms with Crippen LogP contribution < -0.4 is 10.1 Å². The van der Waals surface area contributed by atoms with E-state index < -0.39 is 67.2 Å². The summed E-state index contributed by atoms with van der Waals surface area (Å²) >= 11 is 0. The number of alkyl halides is 5. The quantitative estimate of drug-likeness (QED) is 0.113. The molecule has 0 bridgehead atoms. The zero-order valence-electron chi connectivity index (χ0n) is 25.7. The standard InChI is InChI=1S/C31H43F5N2O7S/c1-28-11-9-23-22-6-5-21(45-27(42)37-29(16-39,17-40)18-41)15-20(22)14-19(26(23)24(28)7-8-25(28)38-43)4-2-12-46(44)13-3-10-30(32,33)31(34,35)36/h5-6,15,19,23-24,26,39-41,43H,2-4,7-14,16-18H2,1H3,(H,37,42)/b38-25-/t19-,23-,24+,26-,28+,46?/m1/s1. The largest absolute Gasteiger partial charge is 0.453 e. The van der Waals surface area contributed by atoms with Crippen molar-refractivity contribution in [3.05, 3.63) is 29.3 Å². The average molecular weight is 683 g/mol. The van der Waals surface area contributed by atoms with Crippen LogP contribution in [-0.4, -0.2) is 85.5 Å². The van der Waals surface area contributed by atoms with Crippen LogP contribution in [0.2, 0.25) is 0 Å². The molecule has 3 aliphatic rings. The van der Waals surface area contributed by atoms with Gasteiger partial charge in [-0.05, 0) is 98.3 Å². The van der Waals surface area contributed by atoms with E-state index in [1.165, 1.54) is 0 Å². The summed E-state index contributed by atoms with van der Waals surface area (Å²) in [5.41, 5.74) is 0.947. The maximum Gasteiger partial charge on any atom is 0.453 e. The number of hydrogen-bond donors (Lipinski definition) is 5. The van der Waals surface area contributed by atoms with Crippen molar-refractivity contribution in [1.82, 2.24) is 5.32 Å². The molecule has 4 rings (SSSR count). The van der Waals surface area contributed by atoms with Gasteiger partial charge in [-0.1, -0.05) is 18.1 Å². The molecular formula is C31H43F5N2O7S. The van der Waals surface area contributed by atoms with E-state index >= 15 is 0 Å². The smallest absolute Gasteiger partial charge is 0.411 e. The van der Waals surface area contributed by atoms with E-state index in [9.17, 15) is 51.5 Å². The fourth-order valence-corrected chi connectivity index (χ4v) is 9.05. The third-order valence-corrected chi connectivity index (χ3v) is 11.9. The number of oxime groups is 1. The summed E-state index contributed by atoms with van der Waals surface area (Å²) in [6.45, 7) is 0.00196. The number of amides is 1. The molecule has 5 N–H and O–H groups in total. The second-order valence-corrected chi connectivity index (χ2v) is 14.9. The Bertz CT molecular complexity index is 1280. The highest BCUT2D eigenvalue weighted by atomic mass is 32.2. The van der Waals surface area contributed by atoms with E-state index in [0.717, 1.165) is 36.1 Å². The summed E-state index contributed by atoms with van der Waals surface area (Å²) in [5, 5.41) is 44.2. The number of aliphatic hydroxyl groups excluding tert-OH is 3. The molecule has 1 amide bonds. The normalized spacial score (nSPS) is 27.9. The highest BCUT2D eigenvalue weighted by Crippen LogP contribution is 2.62. The molecule has 46 heavy (non-hydrogen) atoms. The maximum atomic E-state index is 13.3. The highest BCUT2D eigenvalue weighted by Gasteiger charge is 2.57. The van der Waals surface area contributed by atoms with Crippen molar-refractivity contribution in [2.75, 3.05) is 31.3 Å². The number of halogens is 5. The van der Waals surface area contributed by atoms with Gasteiger partial charge in [-0.25, -0.2) is 4.79 Å². The summed E-state index contributed by atoms with van der Waals surface area (Å²) in [6, 6.07) is 5.36. The number of ether oxygens (including phenoxy) is 1. The molecule has 2 saturated carbocycles. The summed E-state index contributed by atoms with van der Waals surface area (Å²) in [7, 11) is -1.55. The number of carbonyl (C=O) groups excluding carboxylic acids is 1. The van der Waals surface area contributed by atoms with E-state index in [0.29, 0.717) is 25.7 Å². The molecule has 2 fully saturated rings. The van der Waals surface area contributed by atoms with Gasteiger partial charge in [0, 0.05) is 34.1 Å². The number of fused-ring (bicyclic) bond motifs is 5. The fraction of sp³-hybridized carbons (Fsp3) is 0.742. The summed E-state index contributed by atoms with van der Waals surface area (Å²) < 4.78 is 81.9. The van der Waals surface area contributed by atoms with Gasteiger partial charge in [-0.3, -0.25) is 4.21 Å². The number of aliphatic hydroxyl groups is 3. The van der Waals surface area contributed by atoms with Crippen molar-refractivity contribution in [2.24, 2.45) is 28.3 Å². The lowest BCUT2D eigenvalue weighted by Crippen LogP contribution is -2.57. The Balaban J connectivity index is 1.48. The Morgan fingerprint density at radius 3 is 2.39 bits per heavy atom. The summed E-state index contributed by atoms with van der Waals surface area (Å²) in [4.78, 5) is 12.5. The van der Waals surface area contributed by atoms with Crippen molar-refractivity contribution in [3.8, 4) is 5.75 Å². The molecule has 0 saturated heterocycles. The van der Waals surface area contributed by atoms with Gasteiger partial charge in [0.25, 0.3) is 0 Å². The van der Waals surface area contributed by atoms with Gasteiger partial charge in [0.15, 0.2) is 0 Å². The first kappa shape index (κ1) is 36.5. The Hall–Kier alpha value is -2.36. The van der Waals surface area contributed by atoms with Gasteiger partial charge >= 0.3 is 18.2 Å². The van der Waals surface area contributed by atoms with Gasteiger partial charge < -0.3 is 30.6 Å². The van der Waals surface area contributed by atoms with Gasteiger partial charge in [0.2, 0.25) is 0 Å². The van der Waals surface area contributed by atoms with Crippen molar-refractivity contribution in [3.63, 3.8) is 0 Å². The van der Waals surface area contributed by atoms with Crippen molar-refractivity contribution >= 4 is 22.6 Å². The van der Waals surface area contributed by atoms with Crippen molar-refractivity contribution in [2.45, 2.75) is 88.3 Å². The minimum atomic E-state index is -5.63. The third kappa shape index (κ3) is 7.52. The molecule has 0 aliphatic heterocycles. The van der Waals surface area contributed by atoms with E-state index in [1.54, 1.807) is 12.1 Å². The first-order valence-electron chi connectivity index (χ1n) is 15.6. The van der Waals surface area contributed by atoms with Crippen LogP contribution in [0.25, 0.3) is 0 Å². The molecule has 0 spiro atoms. The van der Waals surface area contributed by atoms with Gasteiger partial charge in [0.05, 0.1) is 25.5 Å². The van der Waals surface area contributed by atoms with Crippen molar-refractivity contribution < 1.29 is 56.2 Å². The zero-order chi connectivity index (χ0) is 33.9. The van der Waals surface area contributed by atoms with E-state index in [1.807, 2.05) is 6.07 Å². The van der Waals surface area contributed by atoms with E-state index in [4.69, 9.17) is 4.74 Å². The number of benzene rings is 1. The van der Waals surface area contributed by atoms with Gasteiger partial charge in [0.1, 0.15) is 11.3 Å². The summed E-state index contributed by atoms with van der Waals surface area (Å²) in [5.74, 6) is -3.95. The number of hydrogen-bond acceptors (Lipinski definition) is 8. The minimum Gasteiger partial charge on any atom is -0.411 e. The number of nitrogens with zero attached hydrogens (tertiary/aromatic N) is 1. The topological polar surface area (TPSA) is 149 Å². The number of rotatable bonds is 13. The average Bonchev–Trinajstić information content (AvgIpc) is 3.35. The van der Waals surface area contributed by atoms with Crippen LogP contribution in [0.5, 0.6) is 5.75 Å². The Labute approximate surface area is 267 Å². The number of carbonyl (C=O) groups is 1. The predicted molar refractivity (Wildman–Crippen MR) is 160 cm³/mol. The zero-order valence-corrected chi connectivity index (χ0v) is 26.5. The first-order valence-corrected chi connectivity index (χ1v) is 17.1. The van der Waals surface area contributed by atoms with E-state index in [-0.39, 0.29) is 46.3 Å².